The summed E-state index contributed by atoms with van der Waals surface area (Å²) in [5.41, 5.74) is 0. The maximum atomic E-state index is 12.6. The topological polar surface area (TPSA) is 94.2 Å². The normalized spacial score (nSPS) is 14.8. The highest BCUT2D eigenvalue weighted by Crippen LogP contribution is 2.23. The Kier molecular flexibility index (Phi) is 7.92. The molecule has 0 atom stereocenters. The van der Waals surface area contributed by atoms with Gasteiger partial charge < -0.3 is 19.5 Å². The van der Waals surface area contributed by atoms with Crippen molar-refractivity contribution in [1.82, 2.24) is 9.62 Å². The Morgan fingerprint density at radius 1 is 1.07 bits per heavy atom. The molecule has 1 N–H and O–H groups in total. The summed E-state index contributed by atoms with van der Waals surface area (Å²) in [4.78, 5) is 12.0. The Morgan fingerprint density at radius 2 is 1.77 bits per heavy atom. The average Bonchev–Trinajstić information content (AvgIpc) is 2.77. The fourth-order valence-corrected chi connectivity index (χ4v) is 4.36. The van der Waals surface area contributed by atoms with Crippen LogP contribution in [0.5, 0.6) is 11.5 Å². The van der Waals surface area contributed by atoms with Crippen LogP contribution in [0.4, 0.5) is 0 Å². The fourth-order valence-electron chi connectivity index (χ4n) is 2.76. The van der Waals surface area contributed by atoms with Crippen molar-refractivity contribution in [2.45, 2.75) is 4.90 Å². The first kappa shape index (κ1) is 22.4. The van der Waals surface area contributed by atoms with Gasteiger partial charge in [0.25, 0.3) is 5.91 Å². The summed E-state index contributed by atoms with van der Waals surface area (Å²) in [5, 5.41) is 3.11. The van der Waals surface area contributed by atoms with Crippen molar-refractivity contribution in [2.75, 3.05) is 46.1 Å². The molecule has 0 saturated carbocycles. The number of nitrogens with one attached hydrogen (secondary N) is 1. The van der Waals surface area contributed by atoms with Crippen LogP contribution < -0.4 is 14.8 Å². The van der Waals surface area contributed by atoms with Crippen LogP contribution in [0.2, 0.25) is 5.02 Å². The Balaban J connectivity index is 1.40. The van der Waals surface area contributed by atoms with Crippen molar-refractivity contribution in [3.63, 3.8) is 0 Å². The maximum Gasteiger partial charge on any atom is 0.258 e. The van der Waals surface area contributed by atoms with E-state index in [9.17, 15) is 13.2 Å². The number of carbonyl (C=O) groups excluding carboxylic acids is 1. The van der Waals surface area contributed by atoms with Gasteiger partial charge >= 0.3 is 0 Å². The number of ether oxygens (including phenoxy) is 3. The molecule has 2 aromatic carbocycles. The summed E-state index contributed by atoms with van der Waals surface area (Å²) in [6.45, 7) is 1.84. The third-order valence-corrected chi connectivity index (χ3v) is 6.55. The lowest BCUT2D eigenvalue weighted by Crippen LogP contribution is -2.40. The molecule has 2 aromatic rings. The second-order valence-electron chi connectivity index (χ2n) is 6.41. The summed E-state index contributed by atoms with van der Waals surface area (Å²) in [5.74, 6) is 0.653. The lowest BCUT2D eigenvalue weighted by atomic mass is 10.3. The van der Waals surface area contributed by atoms with Crippen LogP contribution in [0.15, 0.2) is 53.4 Å². The number of hydrogen-bond donors (Lipinski definition) is 1. The lowest BCUT2D eigenvalue weighted by molar-refractivity contribution is -0.123. The smallest absolute Gasteiger partial charge is 0.258 e. The molecule has 1 heterocycles. The molecule has 0 aliphatic carbocycles. The first-order chi connectivity index (χ1) is 14.5. The van der Waals surface area contributed by atoms with Gasteiger partial charge in [-0.15, -0.1) is 0 Å². The number of sulfonamides is 1. The number of amides is 1. The van der Waals surface area contributed by atoms with E-state index < -0.39 is 10.0 Å². The molecule has 30 heavy (non-hydrogen) atoms. The number of rotatable bonds is 9. The number of para-hydroxylation sites is 1. The van der Waals surface area contributed by atoms with Gasteiger partial charge in [-0.2, -0.15) is 4.31 Å². The van der Waals surface area contributed by atoms with Gasteiger partial charge in [-0.25, -0.2) is 8.42 Å². The monoisotopic (exact) mass is 454 g/mol. The molecule has 1 aliphatic rings. The van der Waals surface area contributed by atoms with Crippen molar-refractivity contribution >= 4 is 27.5 Å². The number of carbonyl (C=O) groups is 1. The summed E-state index contributed by atoms with van der Waals surface area (Å²) >= 11 is 5.96. The molecule has 0 radical (unpaired) electrons. The van der Waals surface area contributed by atoms with Crippen molar-refractivity contribution in [3.05, 3.63) is 53.6 Å². The summed E-state index contributed by atoms with van der Waals surface area (Å²) in [6, 6.07) is 13.1. The standard InChI is InChI=1S/C20H23ClN2O6S/c21-18-3-1-2-4-19(18)29-15-20(24)22-9-12-28-16-5-7-17(8-6-16)30(25,26)23-10-13-27-14-11-23/h1-8H,9-15H2,(H,22,24). The Labute approximate surface area is 180 Å². The number of halogens is 1. The predicted octanol–water partition coefficient (Wildman–Crippen LogP) is 1.93. The molecule has 1 amide bonds. The van der Waals surface area contributed by atoms with Crippen LogP contribution in [0, 0.1) is 0 Å². The molecule has 3 rings (SSSR count). The lowest BCUT2D eigenvalue weighted by Gasteiger charge is -2.26. The fraction of sp³-hybridized carbons (Fsp3) is 0.350. The average molecular weight is 455 g/mol. The zero-order chi connectivity index (χ0) is 21.4. The largest absolute Gasteiger partial charge is 0.492 e. The zero-order valence-electron chi connectivity index (χ0n) is 16.3. The molecule has 0 bridgehead atoms. The van der Waals surface area contributed by atoms with Crippen LogP contribution >= 0.6 is 11.6 Å². The minimum atomic E-state index is -3.53. The Hall–Kier alpha value is -2.33. The third kappa shape index (κ3) is 6.09. The molecule has 1 fully saturated rings. The molecule has 0 aromatic heterocycles. The van der Waals surface area contributed by atoms with E-state index in [-0.39, 0.29) is 30.6 Å². The van der Waals surface area contributed by atoms with Crippen molar-refractivity contribution in [2.24, 2.45) is 0 Å². The van der Waals surface area contributed by atoms with Crippen LogP contribution in [-0.2, 0) is 19.6 Å². The van der Waals surface area contributed by atoms with E-state index in [0.29, 0.717) is 42.8 Å². The highest BCUT2D eigenvalue weighted by Gasteiger charge is 2.26. The maximum absolute atomic E-state index is 12.6. The second-order valence-corrected chi connectivity index (χ2v) is 8.75. The van der Waals surface area contributed by atoms with Gasteiger partial charge in [0.15, 0.2) is 6.61 Å². The van der Waals surface area contributed by atoms with E-state index in [4.69, 9.17) is 25.8 Å². The summed E-state index contributed by atoms with van der Waals surface area (Å²) in [7, 11) is -3.53. The van der Waals surface area contributed by atoms with Crippen molar-refractivity contribution in [1.29, 1.82) is 0 Å². The van der Waals surface area contributed by atoms with Crippen molar-refractivity contribution < 1.29 is 27.4 Å². The van der Waals surface area contributed by atoms with E-state index >= 15 is 0 Å². The van der Waals surface area contributed by atoms with Gasteiger partial charge in [-0.1, -0.05) is 23.7 Å². The van der Waals surface area contributed by atoms with Gasteiger partial charge in [0.05, 0.1) is 29.7 Å². The van der Waals surface area contributed by atoms with Gasteiger partial charge in [0.2, 0.25) is 10.0 Å². The van der Waals surface area contributed by atoms with Crippen LogP contribution in [0.25, 0.3) is 0 Å². The third-order valence-electron chi connectivity index (χ3n) is 4.32. The van der Waals surface area contributed by atoms with Gasteiger partial charge in [0.1, 0.15) is 18.1 Å². The van der Waals surface area contributed by atoms with E-state index in [1.54, 1.807) is 36.4 Å². The predicted molar refractivity (Wildman–Crippen MR) is 111 cm³/mol. The van der Waals surface area contributed by atoms with Gasteiger partial charge in [-0.3, -0.25) is 4.79 Å². The first-order valence-corrected chi connectivity index (χ1v) is 11.2. The molecule has 0 spiro atoms. The highest BCUT2D eigenvalue weighted by molar-refractivity contribution is 7.89. The number of morpholine rings is 1. The van der Waals surface area contributed by atoms with E-state index in [1.807, 2.05) is 0 Å². The quantitative estimate of drug-likeness (QED) is 0.582. The first-order valence-electron chi connectivity index (χ1n) is 9.41. The van der Waals surface area contributed by atoms with E-state index in [2.05, 4.69) is 5.32 Å². The molecule has 1 saturated heterocycles. The minimum absolute atomic E-state index is 0.155. The molecular formula is C20H23ClN2O6S. The molecule has 0 unspecified atom stereocenters. The summed E-state index contributed by atoms with van der Waals surface area (Å²) in [6.07, 6.45) is 0. The van der Waals surface area contributed by atoms with Crippen LogP contribution in [-0.4, -0.2) is 64.7 Å². The number of nitrogens with zero attached hydrogens (tertiary/aromatic N) is 1. The Bertz CT molecular complexity index is 946. The van der Waals surface area contributed by atoms with Crippen molar-refractivity contribution in [3.8, 4) is 11.5 Å². The number of benzene rings is 2. The second kappa shape index (κ2) is 10.6. The van der Waals surface area contributed by atoms with Crippen LogP contribution in [0.1, 0.15) is 0 Å². The van der Waals surface area contributed by atoms with E-state index in [1.165, 1.54) is 16.4 Å². The van der Waals surface area contributed by atoms with Crippen LogP contribution in [0.3, 0.4) is 0 Å². The van der Waals surface area contributed by atoms with Gasteiger partial charge in [0, 0.05) is 13.1 Å². The molecule has 10 heteroatoms. The SMILES string of the molecule is O=C(COc1ccccc1Cl)NCCOc1ccc(S(=O)(=O)N2CCOCC2)cc1. The Morgan fingerprint density at radius 3 is 2.47 bits per heavy atom. The minimum Gasteiger partial charge on any atom is -0.492 e. The van der Waals surface area contributed by atoms with Gasteiger partial charge in [-0.05, 0) is 36.4 Å². The van der Waals surface area contributed by atoms with E-state index in [0.717, 1.165) is 0 Å². The molecular weight excluding hydrogens is 432 g/mol. The molecule has 162 valence electrons. The highest BCUT2D eigenvalue weighted by atomic mass is 35.5. The molecule has 1 aliphatic heterocycles. The summed E-state index contributed by atoms with van der Waals surface area (Å²) < 4.78 is 42.7. The molecule has 8 nitrogen and oxygen atoms in total. The zero-order valence-corrected chi connectivity index (χ0v) is 17.8. The number of hydrogen-bond acceptors (Lipinski definition) is 6.